The van der Waals surface area contributed by atoms with Crippen LogP contribution in [0.5, 0.6) is 0 Å². The van der Waals surface area contributed by atoms with Crippen molar-refractivity contribution >= 4 is 75.0 Å². The Hall–Kier alpha value is 3.80. The zero-order valence-electron chi connectivity index (χ0n) is 6.70. The summed E-state index contributed by atoms with van der Waals surface area (Å²) in [6, 6.07) is 0.536. The van der Waals surface area contributed by atoms with Crippen molar-refractivity contribution in [1.29, 1.82) is 0 Å². The second-order valence-corrected chi connectivity index (χ2v) is 172. The molecule has 2 N–H and O–H groups in total. The van der Waals surface area contributed by atoms with E-state index in [0.717, 1.165) is 0 Å². The predicted octanol–water partition coefficient (Wildman–Crippen LogP) is 4.44. The molecule has 0 aromatic heterocycles. The molecule has 1 saturated carbocycles. The van der Waals surface area contributed by atoms with Crippen molar-refractivity contribution in [2.24, 2.45) is 5.73 Å². The van der Waals surface area contributed by atoms with Gasteiger partial charge in [-0.3, -0.25) is 0 Å². The molecule has 1 fully saturated rings. The molecule has 0 radical (unpaired) electrons. The Kier molecular flexibility index (Phi) is 11.7. The van der Waals surface area contributed by atoms with E-state index in [2.05, 4.69) is 71.0 Å². The normalized spacial score (nSPS) is 19.8. The summed E-state index contributed by atoms with van der Waals surface area (Å²) in [6.45, 7) is 0. The molecule has 0 aliphatic heterocycles. The van der Waals surface area contributed by atoms with Crippen LogP contribution < -0.4 is 5.73 Å². The summed E-state index contributed by atoms with van der Waals surface area (Å²) in [5, 5.41) is 0. The molecule has 1 rings (SSSR count). The molecule has 0 heterocycles. The Morgan fingerprint density at radius 2 is 1.25 bits per heavy atom. The molecule has 0 aromatic carbocycles. The maximum atomic E-state index is 5.63. The van der Waals surface area contributed by atoms with Gasteiger partial charge in [-0.15, -0.1) is 0 Å². The second kappa shape index (κ2) is 8.90. The predicted molar refractivity (Wildman–Crippen MR) is 92.9 cm³/mol. The average Bonchev–Trinajstić information content (AvgIpc) is 1.85. The summed E-state index contributed by atoms with van der Waals surface area (Å²) in [4.78, 5) is 0. The first-order chi connectivity index (χ1) is 5.39. The number of halogens is 4. The first-order valence-electron chi connectivity index (χ1n) is 3.91. The van der Waals surface area contributed by atoms with E-state index in [-0.39, 0.29) is 0 Å². The molecule has 0 amide bonds. The van der Waals surface area contributed by atoms with Crippen molar-refractivity contribution in [1.82, 2.24) is 0 Å². The molecule has 6 heteroatoms. The molecule has 0 saturated heterocycles. The van der Waals surface area contributed by atoms with Crippen molar-refractivity contribution in [2.75, 3.05) is 0 Å². The summed E-state index contributed by atoms with van der Waals surface area (Å²) < 4.78 is -1.40. The van der Waals surface area contributed by atoms with Gasteiger partial charge in [-0.25, -0.2) is 0 Å². The van der Waals surface area contributed by atoms with Gasteiger partial charge in [0.15, 0.2) is 0 Å². The van der Waals surface area contributed by atoms with Gasteiger partial charge < -0.3 is 5.73 Å². The molecule has 1 nitrogen and oxygen atoms in total. The molecule has 0 atom stereocenters. The van der Waals surface area contributed by atoms with Crippen molar-refractivity contribution in [3.05, 3.63) is 0 Å². The molecular weight excluding hydrogens is 801 g/mol. The van der Waals surface area contributed by atoms with Crippen LogP contribution in [0.3, 0.4) is 0 Å². The minimum absolute atomic E-state index is 0.536. The fraction of sp³-hybridized carbons (Fsp3) is 1.00. The van der Waals surface area contributed by atoms with Gasteiger partial charge in [0.25, 0.3) is 0 Å². The Morgan fingerprint density at radius 1 is 0.917 bits per heavy atom. The zero-order valence-corrected chi connectivity index (χ0v) is 19.2. The van der Waals surface area contributed by atoms with E-state index in [9.17, 15) is 0 Å². The standard InChI is InChI=1S/C6H13N.4HI.Pb/c7-6-4-2-1-3-5-6;;;;;/h6H,1-5,7H2;4*1H;/q;;;;;+4/p-4. The van der Waals surface area contributed by atoms with Gasteiger partial charge in [-0.2, -0.15) is 0 Å². The van der Waals surface area contributed by atoms with Crippen LogP contribution >= 0.6 is 71.0 Å². The summed E-state index contributed by atoms with van der Waals surface area (Å²) >= 11 is 10.2. The summed E-state index contributed by atoms with van der Waals surface area (Å²) in [7, 11) is 0. The van der Waals surface area contributed by atoms with Crippen LogP contribution in [0.2, 0.25) is 0 Å². The van der Waals surface area contributed by atoms with E-state index in [1.165, 1.54) is 32.1 Å². The van der Waals surface area contributed by atoms with Crippen LogP contribution in [0, 0.1) is 0 Å². The van der Waals surface area contributed by atoms with Crippen LogP contribution in [0.25, 0.3) is 0 Å². The van der Waals surface area contributed by atoms with E-state index in [1.54, 1.807) is 0 Å². The van der Waals surface area contributed by atoms with Crippen molar-refractivity contribution in [3.8, 4) is 0 Å². The molecule has 0 bridgehead atoms. The molecule has 12 heavy (non-hydrogen) atoms. The summed E-state index contributed by atoms with van der Waals surface area (Å²) in [6.07, 6.45) is 6.66. The van der Waals surface area contributed by atoms with Gasteiger partial charge in [0.1, 0.15) is 0 Å². The van der Waals surface area contributed by atoms with Crippen LogP contribution in [-0.4, -0.2) is 10.0 Å². The molecule has 1 aliphatic rings. The van der Waals surface area contributed by atoms with Crippen LogP contribution in [0.15, 0.2) is 0 Å². The van der Waals surface area contributed by atoms with Crippen molar-refractivity contribution in [2.45, 2.75) is 38.1 Å². The van der Waals surface area contributed by atoms with Gasteiger partial charge in [0.05, 0.1) is 0 Å². The fourth-order valence-electron chi connectivity index (χ4n) is 1.13. The quantitative estimate of drug-likeness (QED) is 0.285. The molecule has 74 valence electrons. The number of nitrogens with two attached hydrogens (primary N) is 1. The van der Waals surface area contributed by atoms with Gasteiger partial charge >= 0.3 is 75.0 Å². The monoisotopic (exact) mass is 815 g/mol. The topological polar surface area (TPSA) is 26.0 Å². The van der Waals surface area contributed by atoms with Crippen LogP contribution in [0.4, 0.5) is 0 Å². The molecular formula is C6H13I4NPb. The SMILES string of the molecule is NC1CCCCC1.[I][Pb]([I])([I])[I]. The summed E-state index contributed by atoms with van der Waals surface area (Å²) in [5.74, 6) is 0. The van der Waals surface area contributed by atoms with Gasteiger partial charge in [0.2, 0.25) is 0 Å². The van der Waals surface area contributed by atoms with E-state index in [0.29, 0.717) is 6.04 Å². The van der Waals surface area contributed by atoms with Crippen molar-refractivity contribution < 1.29 is 0 Å². The first kappa shape index (κ1) is 15.8. The number of hydrogen-bond donors (Lipinski definition) is 1. The van der Waals surface area contributed by atoms with Crippen LogP contribution in [0.1, 0.15) is 32.1 Å². The zero-order chi connectivity index (χ0) is 9.61. The third kappa shape index (κ3) is 16.2. The Morgan fingerprint density at radius 3 is 1.42 bits per heavy atom. The average molecular weight is 814 g/mol. The summed E-state index contributed by atoms with van der Waals surface area (Å²) in [5.41, 5.74) is 5.63. The second-order valence-electron chi connectivity index (χ2n) is 2.83. The Bertz CT molecular complexity index is 105. The van der Waals surface area contributed by atoms with Crippen LogP contribution in [-0.2, 0) is 0 Å². The number of rotatable bonds is 0. The minimum atomic E-state index is -1.40. The third-order valence-electron chi connectivity index (χ3n) is 1.65. The first-order valence-corrected chi connectivity index (χ1v) is 47.6. The van der Waals surface area contributed by atoms with E-state index in [4.69, 9.17) is 5.73 Å². The van der Waals surface area contributed by atoms with Gasteiger partial charge in [-0.1, -0.05) is 19.3 Å². The Balaban J connectivity index is 0.000000217. The van der Waals surface area contributed by atoms with E-state index >= 15 is 0 Å². The molecule has 0 aromatic rings. The molecule has 1 aliphatic carbocycles. The maximum absolute atomic E-state index is 5.63. The van der Waals surface area contributed by atoms with Crippen molar-refractivity contribution in [3.63, 3.8) is 0 Å². The fourth-order valence-corrected chi connectivity index (χ4v) is 1.13. The molecule has 0 spiro atoms. The Labute approximate surface area is 116 Å². The van der Waals surface area contributed by atoms with E-state index < -0.39 is 4.00 Å². The number of hydrogen-bond acceptors (Lipinski definition) is 1. The van der Waals surface area contributed by atoms with Gasteiger partial charge in [0, 0.05) is 6.04 Å². The van der Waals surface area contributed by atoms with Gasteiger partial charge in [-0.05, 0) is 12.8 Å². The van der Waals surface area contributed by atoms with E-state index in [1.807, 2.05) is 0 Å². The third-order valence-corrected chi connectivity index (χ3v) is 1.65. The molecule has 0 unspecified atom stereocenters.